The molecule has 1 aliphatic rings. The number of rotatable bonds is 2. The molecule has 2 atom stereocenters. The summed E-state index contributed by atoms with van der Waals surface area (Å²) in [6, 6.07) is -0.389. The first kappa shape index (κ1) is 10.7. The van der Waals surface area contributed by atoms with Crippen LogP contribution >= 0.6 is 0 Å². The van der Waals surface area contributed by atoms with Crippen molar-refractivity contribution in [2.75, 3.05) is 0 Å². The van der Waals surface area contributed by atoms with Gasteiger partial charge in [-0.25, -0.2) is 4.79 Å². The average Bonchev–Trinajstić information content (AvgIpc) is 2.65. The fourth-order valence-corrected chi connectivity index (χ4v) is 2.00. The lowest BCUT2D eigenvalue weighted by molar-refractivity contribution is -0.385. The first-order valence-electron chi connectivity index (χ1n) is 5.00. The lowest BCUT2D eigenvalue weighted by Gasteiger charge is -2.16. The van der Waals surface area contributed by atoms with E-state index < -0.39 is 16.7 Å². The summed E-state index contributed by atoms with van der Waals surface area (Å²) in [5.74, 6) is 0. The van der Waals surface area contributed by atoms with Crippen LogP contribution < -0.4 is 5.69 Å². The topological polar surface area (TPSA) is 98.3 Å². The Kier molecular flexibility index (Phi) is 2.69. The molecule has 16 heavy (non-hydrogen) atoms. The van der Waals surface area contributed by atoms with E-state index in [1.54, 1.807) is 0 Å². The third kappa shape index (κ3) is 1.81. The maximum atomic E-state index is 11.4. The predicted octanol–water partition coefficient (Wildman–Crippen LogP) is 0.237. The molecule has 1 heterocycles. The SMILES string of the molecule is O=c1ncc([N+](=O)[O-])cn1[C@H]1CCC[C@@H]1O. The third-order valence-electron chi connectivity index (χ3n) is 2.81. The molecule has 7 nitrogen and oxygen atoms in total. The summed E-state index contributed by atoms with van der Waals surface area (Å²) in [4.78, 5) is 24.8. The van der Waals surface area contributed by atoms with Gasteiger partial charge in [0.1, 0.15) is 6.20 Å². The van der Waals surface area contributed by atoms with Gasteiger partial charge in [-0.15, -0.1) is 0 Å². The van der Waals surface area contributed by atoms with Gasteiger partial charge in [0.05, 0.1) is 23.3 Å². The Balaban J connectivity index is 2.43. The van der Waals surface area contributed by atoms with Gasteiger partial charge in [0.2, 0.25) is 0 Å². The normalized spacial score (nSPS) is 24.6. The highest BCUT2D eigenvalue weighted by atomic mass is 16.6. The van der Waals surface area contributed by atoms with Crippen LogP contribution in [0, 0.1) is 10.1 Å². The minimum absolute atomic E-state index is 0.237. The molecule has 7 heteroatoms. The van der Waals surface area contributed by atoms with Crippen molar-refractivity contribution in [3.8, 4) is 0 Å². The van der Waals surface area contributed by atoms with Crippen molar-refractivity contribution in [2.45, 2.75) is 31.4 Å². The molecule has 0 aromatic carbocycles. The number of nitrogens with zero attached hydrogens (tertiary/aromatic N) is 3. The van der Waals surface area contributed by atoms with Crippen molar-refractivity contribution in [3.05, 3.63) is 33.0 Å². The highest BCUT2D eigenvalue weighted by Crippen LogP contribution is 2.29. The molecule has 1 aliphatic carbocycles. The molecule has 1 fully saturated rings. The predicted molar refractivity (Wildman–Crippen MR) is 54.0 cm³/mol. The zero-order valence-electron chi connectivity index (χ0n) is 8.44. The van der Waals surface area contributed by atoms with Crippen LogP contribution in [0.5, 0.6) is 0 Å². The molecule has 1 aromatic rings. The summed E-state index contributed by atoms with van der Waals surface area (Å²) >= 11 is 0. The van der Waals surface area contributed by atoms with Gasteiger partial charge >= 0.3 is 11.4 Å². The van der Waals surface area contributed by atoms with Gasteiger partial charge in [-0.2, -0.15) is 4.98 Å². The van der Waals surface area contributed by atoms with Gasteiger partial charge in [0, 0.05) is 0 Å². The Hall–Kier alpha value is -1.76. The minimum atomic E-state index is -0.624. The summed E-state index contributed by atoms with van der Waals surface area (Å²) < 4.78 is 1.16. The number of nitro groups is 1. The number of hydrogen-bond donors (Lipinski definition) is 1. The molecule has 0 saturated heterocycles. The van der Waals surface area contributed by atoms with Gasteiger partial charge in [0.25, 0.3) is 0 Å². The smallest absolute Gasteiger partial charge is 0.348 e. The largest absolute Gasteiger partial charge is 0.391 e. The Labute approximate surface area is 90.5 Å². The van der Waals surface area contributed by atoms with Gasteiger partial charge in [-0.1, -0.05) is 0 Å². The Morgan fingerprint density at radius 1 is 1.56 bits per heavy atom. The fourth-order valence-electron chi connectivity index (χ4n) is 2.00. The van der Waals surface area contributed by atoms with Crippen LogP contribution in [-0.2, 0) is 0 Å². The number of hydrogen-bond acceptors (Lipinski definition) is 5. The van der Waals surface area contributed by atoms with Crippen LogP contribution in [0.2, 0.25) is 0 Å². The first-order valence-corrected chi connectivity index (χ1v) is 5.00. The molecule has 0 amide bonds. The standard InChI is InChI=1S/C9H11N3O4/c13-8-3-1-2-7(8)11-5-6(12(15)16)4-10-9(11)14/h4-5,7-8,13H,1-3H2/t7-,8-/m0/s1. The van der Waals surface area contributed by atoms with Crippen molar-refractivity contribution in [1.82, 2.24) is 9.55 Å². The van der Waals surface area contributed by atoms with E-state index in [-0.39, 0.29) is 11.7 Å². The quantitative estimate of drug-likeness (QED) is 0.574. The lowest BCUT2D eigenvalue weighted by atomic mass is 10.2. The van der Waals surface area contributed by atoms with Crippen molar-refractivity contribution >= 4 is 5.69 Å². The van der Waals surface area contributed by atoms with Crippen LogP contribution in [-0.4, -0.2) is 25.7 Å². The van der Waals surface area contributed by atoms with Crippen molar-refractivity contribution in [3.63, 3.8) is 0 Å². The maximum Gasteiger partial charge on any atom is 0.348 e. The van der Waals surface area contributed by atoms with Crippen LogP contribution in [0.25, 0.3) is 0 Å². The molecular formula is C9H11N3O4. The van der Waals surface area contributed by atoms with E-state index in [9.17, 15) is 20.0 Å². The Bertz CT molecular complexity index is 470. The Morgan fingerprint density at radius 2 is 2.31 bits per heavy atom. The number of aliphatic hydroxyl groups excluding tert-OH is 1. The van der Waals surface area contributed by atoms with Gasteiger partial charge in [-0.3, -0.25) is 14.7 Å². The second kappa shape index (κ2) is 4.01. The highest BCUT2D eigenvalue weighted by Gasteiger charge is 2.28. The van der Waals surface area contributed by atoms with E-state index in [2.05, 4.69) is 4.98 Å². The zero-order chi connectivity index (χ0) is 11.7. The molecule has 1 aromatic heterocycles. The van der Waals surface area contributed by atoms with Crippen LogP contribution in [0.4, 0.5) is 5.69 Å². The molecule has 86 valence electrons. The molecule has 0 spiro atoms. The second-order valence-corrected chi connectivity index (χ2v) is 3.82. The van der Waals surface area contributed by atoms with Crippen molar-refractivity contribution < 1.29 is 10.0 Å². The van der Waals surface area contributed by atoms with E-state index in [1.165, 1.54) is 0 Å². The average molecular weight is 225 g/mol. The van der Waals surface area contributed by atoms with Gasteiger partial charge in [-0.05, 0) is 19.3 Å². The summed E-state index contributed by atoms with van der Waals surface area (Å²) in [6.07, 6.45) is 3.51. The number of aliphatic hydroxyl groups is 1. The highest BCUT2D eigenvalue weighted by molar-refractivity contribution is 5.20. The van der Waals surface area contributed by atoms with Crippen molar-refractivity contribution in [2.24, 2.45) is 0 Å². The van der Waals surface area contributed by atoms with E-state index in [0.717, 1.165) is 23.4 Å². The molecular weight excluding hydrogens is 214 g/mol. The van der Waals surface area contributed by atoms with Crippen molar-refractivity contribution in [1.29, 1.82) is 0 Å². The summed E-state index contributed by atoms with van der Waals surface area (Å²) in [5, 5.41) is 20.2. The van der Waals surface area contributed by atoms with Crippen LogP contribution in [0.3, 0.4) is 0 Å². The second-order valence-electron chi connectivity index (χ2n) is 3.82. The van der Waals surface area contributed by atoms with Crippen LogP contribution in [0.15, 0.2) is 17.2 Å². The van der Waals surface area contributed by atoms with E-state index in [1.807, 2.05) is 0 Å². The van der Waals surface area contributed by atoms with Crippen LogP contribution in [0.1, 0.15) is 25.3 Å². The van der Waals surface area contributed by atoms with Gasteiger partial charge < -0.3 is 5.11 Å². The maximum absolute atomic E-state index is 11.4. The molecule has 1 N–H and O–H groups in total. The fraction of sp³-hybridized carbons (Fsp3) is 0.556. The van der Waals surface area contributed by atoms with E-state index in [0.29, 0.717) is 12.8 Å². The third-order valence-corrected chi connectivity index (χ3v) is 2.81. The van der Waals surface area contributed by atoms with E-state index in [4.69, 9.17) is 0 Å². The zero-order valence-corrected chi connectivity index (χ0v) is 8.44. The molecule has 1 saturated carbocycles. The summed E-state index contributed by atoms with van der Waals surface area (Å²) in [5.41, 5.74) is -0.796. The summed E-state index contributed by atoms with van der Waals surface area (Å²) in [6.45, 7) is 0. The lowest BCUT2D eigenvalue weighted by Crippen LogP contribution is -2.30. The molecule has 0 unspecified atom stereocenters. The van der Waals surface area contributed by atoms with Gasteiger partial charge in [0.15, 0.2) is 0 Å². The monoisotopic (exact) mass is 225 g/mol. The number of aromatic nitrogens is 2. The Morgan fingerprint density at radius 3 is 2.88 bits per heavy atom. The minimum Gasteiger partial charge on any atom is -0.391 e. The first-order chi connectivity index (χ1) is 7.59. The molecule has 0 radical (unpaired) electrons. The summed E-state index contributed by atoms with van der Waals surface area (Å²) in [7, 11) is 0. The van der Waals surface area contributed by atoms with E-state index >= 15 is 0 Å². The molecule has 0 aliphatic heterocycles. The molecule has 0 bridgehead atoms. The molecule has 2 rings (SSSR count).